The Bertz CT molecular complexity index is 977. The Labute approximate surface area is 156 Å². The summed E-state index contributed by atoms with van der Waals surface area (Å²) in [6, 6.07) is 5.20. The summed E-state index contributed by atoms with van der Waals surface area (Å²) in [4.78, 5) is 52.4. The fraction of sp³-hybridized carbons (Fsp3) is 0.312. The molecule has 0 spiro atoms. The van der Waals surface area contributed by atoms with E-state index in [-0.39, 0.29) is 36.0 Å². The van der Waals surface area contributed by atoms with Crippen molar-refractivity contribution in [3.05, 3.63) is 28.0 Å². The third-order valence-corrected chi connectivity index (χ3v) is 5.18. The highest BCUT2D eigenvalue weighted by Gasteiger charge is 2.30. The van der Waals surface area contributed by atoms with Gasteiger partial charge < -0.3 is 9.30 Å². The number of hydrogen-bond acceptors (Lipinski definition) is 6. The summed E-state index contributed by atoms with van der Waals surface area (Å²) >= 11 is 7.40. The minimum atomic E-state index is -0.658. The lowest BCUT2D eigenvalue weighted by molar-refractivity contribution is -0.142. The maximum atomic E-state index is 12.3. The molecule has 0 atom stereocenters. The Hall–Kier alpha value is -2.52. The van der Waals surface area contributed by atoms with Crippen LogP contribution in [0.25, 0.3) is 10.2 Å². The zero-order chi connectivity index (χ0) is 18.8. The molecule has 10 heteroatoms. The third kappa shape index (κ3) is 3.54. The summed E-state index contributed by atoms with van der Waals surface area (Å²) in [6.07, 6.45) is 0.208. The summed E-state index contributed by atoms with van der Waals surface area (Å²) in [5.74, 6) is -1.96. The van der Waals surface area contributed by atoms with E-state index in [9.17, 15) is 19.2 Å². The molecule has 0 aliphatic carbocycles. The van der Waals surface area contributed by atoms with Gasteiger partial charge >= 0.3 is 5.97 Å². The first-order valence-corrected chi connectivity index (χ1v) is 8.85. The lowest BCUT2D eigenvalue weighted by Crippen LogP contribution is -2.34. The monoisotopic (exact) mass is 395 g/mol. The van der Waals surface area contributed by atoms with Gasteiger partial charge in [-0.3, -0.25) is 24.1 Å². The van der Waals surface area contributed by atoms with Crippen LogP contribution in [-0.4, -0.2) is 46.8 Å². The number of amides is 3. The minimum absolute atomic E-state index is 0.104. The molecule has 26 heavy (non-hydrogen) atoms. The molecule has 8 nitrogen and oxygen atoms in total. The number of thiazole rings is 1. The smallest absolute Gasteiger partial charge is 0.325 e. The van der Waals surface area contributed by atoms with E-state index in [2.05, 4.69) is 9.73 Å². The number of fused-ring (bicyclic) bond motifs is 1. The number of esters is 1. The number of nitrogens with zero attached hydrogens (tertiary/aromatic N) is 3. The Morgan fingerprint density at radius 1 is 1.23 bits per heavy atom. The molecule has 1 saturated heterocycles. The summed E-state index contributed by atoms with van der Waals surface area (Å²) in [7, 11) is 1.26. The van der Waals surface area contributed by atoms with Crippen LogP contribution in [-0.2, 0) is 30.5 Å². The minimum Gasteiger partial charge on any atom is -0.468 e. The average molecular weight is 396 g/mol. The molecule has 0 saturated carbocycles. The van der Waals surface area contributed by atoms with Gasteiger partial charge in [-0.2, -0.15) is 4.99 Å². The normalized spacial score (nSPS) is 15.2. The molecule has 2 heterocycles. The standard InChI is InChI=1S/C16H14ClN3O5S/c1-25-14(24)8-20-15-9(17)3-2-4-10(15)26-16(20)18-11(21)7-19-12(22)5-6-13(19)23/h2-4H,5-8H2,1H3. The Kier molecular flexibility index (Phi) is 5.19. The molecule has 1 aromatic carbocycles. The van der Waals surface area contributed by atoms with E-state index in [1.165, 1.54) is 23.0 Å². The van der Waals surface area contributed by atoms with Crippen molar-refractivity contribution >= 4 is 56.8 Å². The number of likely N-dealkylation sites (tertiary alicyclic amines) is 1. The van der Waals surface area contributed by atoms with Crippen LogP contribution in [0.1, 0.15) is 12.8 Å². The molecule has 2 aromatic rings. The van der Waals surface area contributed by atoms with E-state index >= 15 is 0 Å². The molecular weight excluding hydrogens is 382 g/mol. The van der Waals surface area contributed by atoms with E-state index < -0.39 is 18.4 Å². The predicted molar refractivity (Wildman–Crippen MR) is 93.4 cm³/mol. The van der Waals surface area contributed by atoms with E-state index in [1.807, 2.05) is 0 Å². The van der Waals surface area contributed by atoms with Crippen molar-refractivity contribution in [3.63, 3.8) is 0 Å². The average Bonchev–Trinajstić information content (AvgIpc) is 3.10. The van der Waals surface area contributed by atoms with Crippen LogP contribution >= 0.6 is 22.9 Å². The first-order valence-electron chi connectivity index (χ1n) is 7.66. The van der Waals surface area contributed by atoms with Crippen LogP contribution in [0.5, 0.6) is 0 Å². The zero-order valence-corrected chi connectivity index (χ0v) is 15.3. The van der Waals surface area contributed by atoms with Gasteiger partial charge in [-0.05, 0) is 12.1 Å². The van der Waals surface area contributed by atoms with Gasteiger partial charge in [-0.25, -0.2) is 0 Å². The molecule has 3 rings (SSSR count). The van der Waals surface area contributed by atoms with Crippen molar-refractivity contribution < 1.29 is 23.9 Å². The van der Waals surface area contributed by atoms with Gasteiger partial charge in [0.15, 0.2) is 4.80 Å². The van der Waals surface area contributed by atoms with Crippen LogP contribution in [0.15, 0.2) is 23.2 Å². The molecule has 0 radical (unpaired) electrons. The van der Waals surface area contributed by atoms with E-state index in [0.717, 1.165) is 9.60 Å². The van der Waals surface area contributed by atoms with Gasteiger partial charge in [0.05, 0.1) is 22.3 Å². The van der Waals surface area contributed by atoms with Crippen LogP contribution in [0.4, 0.5) is 0 Å². The highest BCUT2D eigenvalue weighted by atomic mass is 35.5. The number of ether oxygens (including phenoxy) is 1. The van der Waals surface area contributed by atoms with E-state index in [0.29, 0.717) is 10.5 Å². The molecule has 1 aliphatic heterocycles. The van der Waals surface area contributed by atoms with Crippen molar-refractivity contribution in [1.82, 2.24) is 9.47 Å². The van der Waals surface area contributed by atoms with Crippen LogP contribution in [0.3, 0.4) is 0 Å². The Balaban J connectivity index is 2.01. The topological polar surface area (TPSA) is 98.0 Å². The summed E-state index contributed by atoms with van der Waals surface area (Å²) < 4.78 is 6.91. The maximum absolute atomic E-state index is 12.3. The number of hydrogen-bond donors (Lipinski definition) is 0. The fourth-order valence-corrected chi connectivity index (χ4v) is 4.00. The van der Waals surface area contributed by atoms with Gasteiger partial charge in [-0.1, -0.05) is 29.0 Å². The largest absolute Gasteiger partial charge is 0.468 e. The fourth-order valence-electron chi connectivity index (χ4n) is 2.59. The molecule has 1 aromatic heterocycles. The molecule has 136 valence electrons. The highest BCUT2D eigenvalue weighted by molar-refractivity contribution is 7.16. The Morgan fingerprint density at radius 3 is 2.58 bits per heavy atom. The number of rotatable bonds is 4. The van der Waals surface area contributed by atoms with Crippen LogP contribution in [0.2, 0.25) is 5.02 Å². The number of benzene rings is 1. The second kappa shape index (κ2) is 7.38. The van der Waals surface area contributed by atoms with Gasteiger partial charge in [0.1, 0.15) is 13.1 Å². The lowest BCUT2D eigenvalue weighted by atomic mass is 10.3. The summed E-state index contributed by atoms with van der Waals surface area (Å²) in [5, 5.41) is 0.404. The number of methoxy groups -OCH3 is 1. The van der Waals surface area contributed by atoms with Gasteiger partial charge in [0.25, 0.3) is 5.91 Å². The molecule has 3 amide bonds. The van der Waals surface area contributed by atoms with Crippen molar-refractivity contribution in [3.8, 4) is 0 Å². The van der Waals surface area contributed by atoms with Crippen LogP contribution in [0, 0.1) is 0 Å². The number of carbonyl (C=O) groups is 4. The predicted octanol–water partition coefficient (Wildman–Crippen LogP) is 1.11. The van der Waals surface area contributed by atoms with Crippen molar-refractivity contribution in [2.24, 2.45) is 4.99 Å². The molecule has 0 bridgehead atoms. The second-order valence-corrected chi connectivity index (χ2v) is 6.93. The first kappa shape index (κ1) is 18.3. The number of carbonyl (C=O) groups excluding carboxylic acids is 4. The van der Waals surface area contributed by atoms with Gasteiger partial charge in [0.2, 0.25) is 11.8 Å². The third-order valence-electron chi connectivity index (χ3n) is 3.84. The number of aromatic nitrogens is 1. The highest BCUT2D eigenvalue weighted by Crippen LogP contribution is 2.25. The first-order chi connectivity index (χ1) is 12.4. The van der Waals surface area contributed by atoms with Crippen molar-refractivity contribution in [2.45, 2.75) is 19.4 Å². The second-order valence-electron chi connectivity index (χ2n) is 5.51. The van der Waals surface area contributed by atoms with Crippen LogP contribution < -0.4 is 4.80 Å². The van der Waals surface area contributed by atoms with Crippen molar-refractivity contribution in [2.75, 3.05) is 13.7 Å². The van der Waals surface area contributed by atoms with E-state index in [4.69, 9.17) is 11.6 Å². The summed E-state index contributed by atoms with van der Waals surface area (Å²) in [5.41, 5.74) is 0.560. The molecule has 1 fully saturated rings. The molecular formula is C16H14ClN3O5S. The lowest BCUT2D eigenvalue weighted by Gasteiger charge is -2.10. The molecule has 0 N–H and O–H groups in total. The quantitative estimate of drug-likeness (QED) is 0.570. The zero-order valence-electron chi connectivity index (χ0n) is 13.7. The number of imide groups is 1. The number of para-hydroxylation sites is 1. The SMILES string of the molecule is COC(=O)Cn1c(=NC(=O)CN2C(=O)CCC2=O)sc2cccc(Cl)c21. The summed E-state index contributed by atoms with van der Waals surface area (Å²) in [6.45, 7) is -0.591. The molecule has 1 aliphatic rings. The Morgan fingerprint density at radius 2 is 1.92 bits per heavy atom. The van der Waals surface area contributed by atoms with E-state index in [1.54, 1.807) is 18.2 Å². The molecule has 0 unspecified atom stereocenters. The number of halogens is 1. The van der Waals surface area contributed by atoms with Gasteiger partial charge in [-0.15, -0.1) is 0 Å². The van der Waals surface area contributed by atoms with Gasteiger partial charge in [0, 0.05) is 12.8 Å². The van der Waals surface area contributed by atoms with Crippen molar-refractivity contribution in [1.29, 1.82) is 0 Å². The maximum Gasteiger partial charge on any atom is 0.325 e.